The van der Waals surface area contributed by atoms with Crippen LogP contribution in [0, 0.1) is 5.41 Å². The Hall–Kier alpha value is -3.19. The van der Waals surface area contributed by atoms with Crippen molar-refractivity contribution in [2.24, 2.45) is 15.6 Å². The molecule has 1 aromatic carbocycles. The molecule has 2 aliphatic rings. The number of anilines is 1. The van der Waals surface area contributed by atoms with Crippen LogP contribution < -0.4 is 4.90 Å². The molecule has 1 unspecified atom stereocenters. The molecule has 1 saturated heterocycles. The van der Waals surface area contributed by atoms with Crippen molar-refractivity contribution >= 4 is 33.2 Å². The highest BCUT2D eigenvalue weighted by Gasteiger charge is 2.67. The van der Waals surface area contributed by atoms with Gasteiger partial charge in [0.1, 0.15) is 5.70 Å². The van der Waals surface area contributed by atoms with Crippen LogP contribution in [0.25, 0.3) is 5.70 Å². The van der Waals surface area contributed by atoms with E-state index in [9.17, 15) is 4.79 Å². The molecule has 1 atom stereocenters. The van der Waals surface area contributed by atoms with Crippen LogP contribution in [0.2, 0.25) is 0 Å². The maximum absolute atomic E-state index is 13.8. The number of pyridine rings is 2. The van der Waals surface area contributed by atoms with Gasteiger partial charge in [0.15, 0.2) is 5.54 Å². The van der Waals surface area contributed by atoms with Gasteiger partial charge in [0, 0.05) is 22.6 Å². The maximum atomic E-state index is 13.8. The van der Waals surface area contributed by atoms with Crippen LogP contribution in [0.3, 0.4) is 0 Å². The van der Waals surface area contributed by atoms with Crippen molar-refractivity contribution in [3.05, 3.63) is 94.6 Å². The van der Waals surface area contributed by atoms with Gasteiger partial charge < -0.3 is 0 Å². The quantitative estimate of drug-likeness (QED) is 0.530. The molecule has 0 radical (unpaired) electrons. The molecular formula is C23H18BrN5O. The number of halogens is 1. The summed E-state index contributed by atoms with van der Waals surface area (Å²) in [4.78, 5) is 24.6. The van der Waals surface area contributed by atoms with Crippen molar-refractivity contribution in [3.8, 4) is 0 Å². The van der Waals surface area contributed by atoms with E-state index in [0.29, 0.717) is 22.8 Å². The predicted octanol–water partition coefficient (Wildman–Crippen LogP) is 5.34. The minimum atomic E-state index is -1.04. The Bertz CT molecular complexity index is 1190. The van der Waals surface area contributed by atoms with Crippen molar-refractivity contribution in [2.45, 2.75) is 19.4 Å². The van der Waals surface area contributed by atoms with Gasteiger partial charge in [-0.1, -0.05) is 28.1 Å². The number of benzene rings is 1. The summed E-state index contributed by atoms with van der Waals surface area (Å²) in [6, 6.07) is 19.0. The molecule has 4 heterocycles. The standard InChI is InChI=1S/C23H18BrN5O/c1-22(2)21(30)29(16-11-9-15(24)10-12-16)20-19(17-7-3-5-13-25-17)27-28-23(20,22)18-8-4-6-14-26-18/h3-14H,1-2H3. The van der Waals surface area contributed by atoms with Crippen LogP contribution in [0.1, 0.15) is 25.2 Å². The van der Waals surface area contributed by atoms with Crippen molar-refractivity contribution in [2.75, 3.05) is 4.90 Å². The summed E-state index contributed by atoms with van der Waals surface area (Å²) in [6.45, 7) is 3.81. The van der Waals surface area contributed by atoms with E-state index in [1.807, 2.05) is 74.5 Å². The summed E-state index contributed by atoms with van der Waals surface area (Å²) in [5, 5.41) is 9.29. The minimum Gasteiger partial charge on any atom is -0.279 e. The van der Waals surface area contributed by atoms with E-state index in [-0.39, 0.29) is 5.91 Å². The molecule has 1 amide bonds. The minimum absolute atomic E-state index is 0.0578. The molecule has 0 saturated carbocycles. The van der Waals surface area contributed by atoms with Crippen molar-refractivity contribution < 1.29 is 4.79 Å². The Labute approximate surface area is 182 Å². The Morgan fingerprint density at radius 3 is 2.23 bits per heavy atom. The molecule has 30 heavy (non-hydrogen) atoms. The third-order valence-corrected chi connectivity index (χ3v) is 6.29. The first kappa shape index (κ1) is 18.8. The first-order chi connectivity index (χ1) is 14.5. The Morgan fingerprint density at radius 1 is 0.900 bits per heavy atom. The number of rotatable bonds is 3. The number of azo groups is 1. The smallest absolute Gasteiger partial charge is 0.240 e. The van der Waals surface area contributed by atoms with Gasteiger partial charge in [-0.05, 0) is 62.4 Å². The molecule has 2 aliphatic heterocycles. The summed E-state index contributed by atoms with van der Waals surface area (Å²) in [5.41, 5.74) is 1.45. The lowest BCUT2D eigenvalue weighted by Gasteiger charge is -2.31. The number of hydrogen-bond acceptors (Lipinski definition) is 5. The first-order valence-corrected chi connectivity index (χ1v) is 10.4. The van der Waals surface area contributed by atoms with Crippen LogP contribution >= 0.6 is 15.9 Å². The van der Waals surface area contributed by atoms with E-state index < -0.39 is 11.0 Å². The summed E-state index contributed by atoms with van der Waals surface area (Å²) in [5.74, 6) is -0.0578. The number of amides is 1. The molecule has 1 fully saturated rings. The number of hydrogen-bond donors (Lipinski definition) is 0. The average Bonchev–Trinajstić information content (AvgIpc) is 3.25. The van der Waals surface area contributed by atoms with Crippen molar-refractivity contribution in [1.82, 2.24) is 9.97 Å². The molecule has 0 bridgehead atoms. The molecule has 2 aromatic heterocycles. The fraction of sp³-hybridized carbons (Fsp3) is 0.174. The van der Waals surface area contributed by atoms with Crippen molar-refractivity contribution in [3.63, 3.8) is 0 Å². The second-order valence-corrected chi connectivity index (χ2v) is 8.70. The van der Waals surface area contributed by atoms with Crippen molar-refractivity contribution in [1.29, 1.82) is 0 Å². The Kier molecular flexibility index (Phi) is 4.18. The van der Waals surface area contributed by atoms with Crippen LogP contribution in [0.15, 0.2) is 93.5 Å². The zero-order chi connectivity index (χ0) is 20.9. The summed E-state index contributed by atoms with van der Waals surface area (Å²) >= 11 is 3.47. The molecule has 7 heteroatoms. The number of carbonyl (C=O) groups is 1. The van der Waals surface area contributed by atoms with Gasteiger partial charge in [0.05, 0.1) is 22.5 Å². The van der Waals surface area contributed by atoms with Crippen LogP contribution in [0.5, 0.6) is 0 Å². The average molecular weight is 460 g/mol. The van der Waals surface area contributed by atoms with Gasteiger partial charge in [0.25, 0.3) is 0 Å². The fourth-order valence-corrected chi connectivity index (χ4v) is 4.46. The van der Waals surface area contributed by atoms with Crippen LogP contribution in [-0.2, 0) is 10.3 Å². The maximum Gasteiger partial charge on any atom is 0.240 e. The normalized spacial score (nSPS) is 22.0. The van der Waals surface area contributed by atoms with Gasteiger partial charge >= 0.3 is 0 Å². The second kappa shape index (κ2) is 6.67. The van der Waals surface area contributed by atoms with E-state index >= 15 is 0 Å². The van der Waals surface area contributed by atoms with Crippen LogP contribution in [-0.4, -0.2) is 15.9 Å². The molecule has 148 valence electrons. The highest BCUT2D eigenvalue weighted by atomic mass is 79.9. The van der Waals surface area contributed by atoms with Gasteiger partial charge in [0.2, 0.25) is 5.91 Å². The summed E-state index contributed by atoms with van der Waals surface area (Å²) < 4.78 is 0.938. The fourth-order valence-electron chi connectivity index (χ4n) is 4.20. The molecular weight excluding hydrogens is 442 g/mol. The summed E-state index contributed by atoms with van der Waals surface area (Å²) in [6.07, 6.45) is 3.43. The van der Waals surface area contributed by atoms with Gasteiger partial charge in [-0.2, -0.15) is 10.2 Å². The zero-order valence-electron chi connectivity index (χ0n) is 16.5. The molecule has 0 aliphatic carbocycles. The SMILES string of the molecule is CC1(C)C(=O)N(c2ccc(Br)cc2)C2=C(c3ccccn3)N=NC21c1ccccn1. The van der Waals surface area contributed by atoms with E-state index in [2.05, 4.69) is 31.0 Å². The van der Waals surface area contributed by atoms with Crippen LogP contribution in [0.4, 0.5) is 5.69 Å². The largest absolute Gasteiger partial charge is 0.279 e. The molecule has 6 nitrogen and oxygen atoms in total. The number of carbonyl (C=O) groups excluding carboxylic acids is 1. The van der Waals surface area contributed by atoms with E-state index in [1.165, 1.54) is 0 Å². The lowest BCUT2D eigenvalue weighted by molar-refractivity contribution is -0.125. The third-order valence-electron chi connectivity index (χ3n) is 5.76. The monoisotopic (exact) mass is 459 g/mol. The van der Waals surface area contributed by atoms with E-state index in [1.54, 1.807) is 17.3 Å². The van der Waals surface area contributed by atoms with Gasteiger partial charge in [-0.3, -0.25) is 19.7 Å². The lowest BCUT2D eigenvalue weighted by atomic mass is 9.71. The lowest BCUT2D eigenvalue weighted by Crippen LogP contribution is -2.40. The number of nitrogens with zero attached hydrogens (tertiary/aromatic N) is 5. The Balaban J connectivity index is 1.84. The molecule has 5 rings (SSSR count). The van der Waals surface area contributed by atoms with Gasteiger partial charge in [-0.25, -0.2) is 0 Å². The third kappa shape index (κ3) is 2.45. The van der Waals surface area contributed by atoms with E-state index in [0.717, 1.165) is 10.2 Å². The zero-order valence-corrected chi connectivity index (χ0v) is 18.0. The topological polar surface area (TPSA) is 70.8 Å². The number of aromatic nitrogens is 2. The second-order valence-electron chi connectivity index (χ2n) is 7.78. The first-order valence-electron chi connectivity index (χ1n) is 9.57. The highest BCUT2D eigenvalue weighted by molar-refractivity contribution is 9.10. The molecule has 0 N–H and O–H groups in total. The van der Waals surface area contributed by atoms with Gasteiger partial charge in [-0.15, -0.1) is 0 Å². The predicted molar refractivity (Wildman–Crippen MR) is 117 cm³/mol. The van der Waals surface area contributed by atoms with E-state index in [4.69, 9.17) is 5.11 Å². The molecule has 3 aromatic rings. The highest BCUT2D eigenvalue weighted by Crippen LogP contribution is 2.61. The summed E-state index contributed by atoms with van der Waals surface area (Å²) in [7, 11) is 0. The number of fused-ring (bicyclic) bond motifs is 1. The Morgan fingerprint density at radius 2 is 1.60 bits per heavy atom. The molecule has 0 spiro atoms.